The number of anilines is 1. The highest BCUT2D eigenvalue weighted by atomic mass is 79.9. The zero-order valence-corrected chi connectivity index (χ0v) is 13.3. The fraction of sp³-hybridized carbons (Fsp3) is 0.133. The fourth-order valence-electron chi connectivity index (χ4n) is 1.82. The Morgan fingerprint density at radius 1 is 1.14 bits per heavy atom. The minimum atomic E-state index is -0.547. The Kier molecular flexibility index (Phi) is 5.48. The van der Waals surface area contributed by atoms with E-state index in [1.54, 1.807) is 24.4 Å². The number of hydrogen-bond donors (Lipinski definition) is 3. The largest absolute Gasteiger partial charge is 0.383 e. The number of primary amides is 1. The van der Waals surface area contributed by atoms with Crippen LogP contribution in [0.25, 0.3) is 0 Å². The molecular weight excluding hydrogens is 348 g/mol. The van der Waals surface area contributed by atoms with E-state index in [0.717, 1.165) is 4.47 Å². The van der Waals surface area contributed by atoms with E-state index in [-0.39, 0.29) is 5.91 Å². The summed E-state index contributed by atoms with van der Waals surface area (Å²) in [5.74, 6) is -0.700. The number of halogens is 1. The number of nitrogens with one attached hydrogen (secondary N) is 2. The summed E-state index contributed by atoms with van der Waals surface area (Å²) in [5.41, 5.74) is 6.77. The van der Waals surface area contributed by atoms with Crippen molar-refractivity contribution in [2.24, 2.45) is 5.73 Å². The van der Waals surface area contributed by atoms with Gasteiger partial charge in [0.15, 0.2) is 0 Å². The van der Waals surface area contributed by atoms with Crippen molar-refractivity contribution in [3.05, 3.63) is 58.3 Å². The second kappa shape index (κ2) is 7.56. The van der Waals surface area contributed by atoms with Crippen molar-refractivity contribution in [1.82, 2.24) is 10.3 Å². The van der Waals surface area contributed by atoms with Crippen LogP contribution in [0.2, 0.25) is 0 Å². The molecular formula is C15H15BrN4O2. The third-order valence-corrected chi connectivity index (χ3v) is 3.45. The summed E-state index contributed by atoms with van der Waals surface area (Å²) in [4.78, 5) is 27.0. The lowest BCUT2D eigenvalue weighted by atomic mass is 10.2. The molecule has 114 valence electrons. The van der Waals surface area contributed by atoms with Crippen molar-refractivity contribution in [2.75, 3.05) is 18.4 Å². The van der Waals surface area contributed by atoms with Crippen molar-refractivity contribution in [3.63, 3.8) is 0 Å². The Balaban J connectivity index is 1.83. The average Bonchev–Trinajstić information content (AvgIpc) is 2.52. The highest BCUT2D eigenvalue weighted by Gasteiger charge is 2.08. The fourth-order valence-corrected chi connectivity index (χ4v) is 2.09. The van der Waals surface area contributed by atoms with Gasteiger partial charge in [0.25, 0.3) is 11.8 Å². The Morgan fingerprint density at radius 2 is 1.86 bits per heavy atom. The summed E-state index contributed by atoms with van der Waals surface area (Å²) in [6.45, 7) is 0.877. The molecule has 2 rings (SSSR count). The molecule has 1 heterocycles. The van der Waals surface area contributed by atoms with Crippen molar-refractivity contribution >= 4 is 33.4 Å². The number of hydrogen-bond acceptors (Lipinski definition) is 4. The molecule has 0 aliphatic rings. The van der Waals surface area contributed by atoms with Gasteiger partial charge in [-0.15, -0.1) is 0 Å². The molecule has 2 aromatic rings. The summed E-state index contributed by atoms with van der Waals surface area (Å²) in [5, 5.41) is 5.84. The SMILES string of the molecule is NC(=O)c1cnccc1NCCNC(=O)c1ccc(Br)cc1. The lowest BCUT2D eigenvalue weighted by molar-refractivity contribution is 0.0953. The van der Waals surface area contributed by atoms with Crippen LogP contribution in [-0.2, 0) is 0 Å². The Hall–Kier alpha value is -2.41. The van der Waals surface area contributed by atoms with Crippen LogP contribution in [0.1, 0.15) is 20.7 Å². The van der Waals surface area contributed by atoms with Crippen LogP contribution in [-0.4, -0.2) is 29.9 Å². The maximum Gasteiger partial charge on any atom is 0.252 e. The highest BCUT2D eigenvalue weighted by molar-refractivity contribution is 9.10. The van der Waals surface area contributed by atoms with E-state index in [0.29, 0.717) is 29.9 Å². The maximum atomic E-state index is 11.9. The van der Waals surface area contributed by atoms with E-state index in [9.17, 15) is 9.59 Å². The first-order valence-electron chi connectivity index (χ1n) is 6.59. The van der Waals surface area contributed by atoms with Crippen molar-refractivity contribution in [1.29, 1.82) is 0 Å². The van der Waals surface area contributed by atoms with Crippen molar-refractivity contribution in [2.45, 2.75) is 0 Å². The average molecular weight is 363 g/mol. The van der Waals surface area contributed by atoms with Gasteiger partial charge in [0.05, 0.1) is 11.3 Å². The third kappa shape index (κ3) is 4.29. The molecule has 0 aliphatic heterocycles. The van der Waals surface area contributed by atoms with E-state index in [1.807, 2.05) is 12.1 Å². The molecule has 0 saturated carbocycles. The second-order valence-electron chi connectivity index (χ2n) is 4.48. The predicted molar refractivity (Wildman–Crippen MR) is 87.7 cm³/mol. The summed E-state index contributed by atoms with van der Waals surface area (Å²) in [6.07, 6.45) is 2.97. The van der Waals surface area contributed by atoms with Crippen LogP contribution in [0.4, 0.5) is 5.69 Å². The van der Waals surface area contributed by atoms with Crippen LogP contribution in [0, 0.1) is 0 Å². The van der Waals surface area contributed by atoms with Crippen molar-refractivity contribution in [3.8, 4) is 0 Å². The molecule has 0 saturated heterocycles. The minimum absolute atomic E-state index is 0.154. The van der Waals surface area contributed by atoms with Gasteiger partial charge in [-0.3, -0.25) is 14.6 Å². The Morgan fingerprint density at radius 3 is 2.55 bits per heavy atom. The molecule has 1 aromatic carbocycles. The lowest BCUT2D eigenvalue weighted by Crippen LogP contribution is -2.29. The van der Waals surface area contributed by atoms with E-state index in [2.05, 4.69) is 31.5 Å². The lowest BCUT2D eigenvalue weighted by Gasteiger charge is -2.10. The summed E-state index contributed by atoms with van der Waals surface area (Å²) in [7, 11) is 0. The molecule has 6 nitrogen and oxygen atoms in total. The topological polar surface area (TPSA) is 97.1 Å². The maximum absolute atomic E-state index is 11.9. The number of carbonyl (C=O) groups is 2. The molecule has 0 bridgehead atoms. The molecule has 0 fully saturated rings. The first-order chi connectivity index (χ1) is 10.6. The van der Waals surface area contributed by atoms with Crippen LogP contribution in [0.3, 0.4) is 0 Å². The first-order valence-corrected chi connectivity index (χ1v) is 7.38. The van der Waals surface area contributed by atoms with E-state index >= 15 is 0 Å². The van der Waals surface area contributed by atoms with Crippen LogP contribution < -0.4 is 16.4 Å². The van der Waals surface area contributed by atoms with Gasteiger partial charge in [-0.2, -0.15) is 0 Å². The number of pyridine rings is 1. The van der Waals surface area contributed by atoms with Crippen LogP contribution in [0.5, 0.6) is 0 Å². The van der Waals surface area contributed by atoms with Gasteiger partial charge < -0.3 is 16.4 Å². The van der Waals surface area contributed by atoms with Gasteiger partial charge in [0, 0.05) is 35.5 Å². The second-order valence-corrected chi connectivity index (χ2v) is 5.39. The molecule has 0 aliphatic carbocycles. The Bertz CT molecular complexity index is 673. The molecule has 7 heteroatoms. The minimum Gasteiger partial charge on any atom is -0.383 e. The standard InChI is InChI=1S/C15H15BrN4O2/c16-11-3-1-10(2-4-11)15(22)20-8-7-19-13-5-6-18-9-12(13)14(17)21/h1-6,9H,7-8H2,(H2,17,21)(H,18,19)(H,20,22). The smallest absolute Gasteiger partial charge is 0.252 e. The van der Waals surface area contributed by atoms with Crippen LogP contribution in [0.15, 0.2) is 47.2 Å². The molecule has 0 unspecified atom stereocenters. The number of carbonyl (C=O) groups excluding carboxylic acids is 2. The zero-order chi connectivity index (χ0) is 15.9. The van der Waals surface area contributed by atoms with Gasteiger partial charge in [0.2, 0.25) is 0 Å². The molecule has 0 spiro atoms. The van der Waals surface area contributed by atoms with Crippen molar-refractivity contribution < 1.29 is 9.59 Å². The molecule has 2 amide bonds. The van der Waals surface area contributed by atoms with Crippen LogP contribution >= 0.6 is 15.9 Å². The predicted octanol–water partition coefficient (Wildman–Crippen LogP) is 1.78. The first kappa shape index (κ1) is 16.0. The summed E-state index contributed by atoms with van der Waals surface area (Å²) >= 11 is 3.32. The number of aromatic nitrogens is 1. The number of benzene rings is 1. The van der Waals surface area contributed by atoms with Gasteiger partial charge >= 0.3 is 0 Å². The highest BCUT2D eigenvalue weighted by Crippen LogP contribution is 2.12. The van der Waals surface area contributed by atoms with E-state index in [4.69, 9.17) is 5.73 Å². The van der Waals surface area contributed by atoms with Gasteiger partial charge in [-0.1, -0.05) is 15.9 Å². The third-order valence-electron chi connectivity index (χ3n) is 2.92. The zero-order valence-electron chi connectivity index (χ0n) is 11.7. The monoisotopic (exact) mass is 362 g/mol. The number of nitrogens with zero attached hydrogens (tertiary/aromatic N) is 1. The summed E-state index contributed by atoms with van der Waals surface area (Å²) in [6, 6.07) is 8.75. The molecule has 1 aromatic heterocycles. The normalized spacial score (nSPS) is 10.0. The number of rotatable bonds is 6. The van der Waals surface area contributed by atoms with E-state index in [1.165, 1.54) is 6.20 Å². The molecule has 4 N–H and O–H groups in total. The number of nitrogens with two attached hydrogens (primary N) is 1. The van der Waals surface area contributed by atoms with Gasteiger partial charge in [-0.25, -0.2) is 0 Å². The quantitative estimate of drug-likeness (QED) is 0.682. The van der Waals surface area contributed by atoms with Gasteiger partial charge in [-0.05, 0) is 30.3 Å². The van der Waals surface area contributed by atoms with Gasteiger partial charge in [0.1, 0.15) is 0 Å². The number of amides is 2. The molecule has 0 radical (unpaired) electrons. The summed E-state index contributed by atoms with van der Waals surface area (Å²) < 4.78 is 0.919. The molecule has 0 atom stereocenters. The van der Waals surface area contributed by atoms with E-state index < -0.39 is 5.91 Å². The molecule has 22 heavy (non-hydrogen) atoms. The Labute approximate surface area is 136 Å².